The standard InChI is InChI=1S/C21H26N4O2S/c1-5-24(4)20(28)23-13-16-19(25-10-6-7-18(25)26)15-11-14(12-22)8-9-17(15)27-21(16,2)3/h8-9,11H,5-7,10,13H2,1-4H3,(H,23,28). The van der Waals surface area contributed by atoms with Gasteiger partial charge in [0.25, 0.3) is 0 Å². The maximum absolute atomic E-state index is 12.6. The number of amides is 1. The second-order valence-corrected chi connectivity index (χ2v) is 7.97. The average Bonchev–Trinajstić information content (AvgIpc) is 3.09. The quantitative estimate of drug-likeness (QED) is 0.787. The molecule has 0 spiro atoms. The third-order valence-electron chi connectivity index (χ3n) is 5.32. The molecule has 6 nitrogen and oxygen atoms in total. The predicted molar refractivity (Wildman–Crippen MR) is 113 cm³/mol. The van der Waals surface area contributed by atoms with Crippen LogP contribution in [0.25, 0.3) is 5.70 Å². The number of benzene rings is 1. The molecule has 1 N–H and O–H groups in total. The Morgan fingerprint density at radius 3 is 2.82 bits per heavy atom. The molecule has 1 saturated heterocycles. The highest BCUT2D eigenvalue weighted by atomic mass is 32.1. The van der Waals surface area contributed by atoms with Crippen molar-refractivity contribution in [3.8, 4) is 11.8 Å². The minimum Gasteiger partial charge on any atom is -0.483 e. The first-order chi connectivity index (χ1) is 13.3. The zero-order valence-electron chi connectivity index (χ0n) is 16.8. The van der Waals surface area contributed by atoms with Crippen LogP contribution in [-0.2, 0) is 4.79 Å². The first-order valence-electron chi connectivity index (χ1n) is 9.55. The lowest BCUT2D eigenvalue weighted by atomic mass is 9.88. The zero-order valence-corrected chi connectivity index (χ0v) is 17.7. The van der Waals surface area contributed by atoms with Gasteiger partial charge in [-0.2, -0.15) is 5.26 Å². The third-order valence-corrected chi connectivity index (χ3v) is 5.78. The lowest BCUT2D eigenvalue weighted by Crippen LogP contribution is -2.45. The number of thiocarbonyl (C=S) groups is 1. The number of carbonyl (C=O) groups excluding carboxylic acids is 1. The van der Waals surface area contributed by atoms with Gasteiger partial charge in [-0.1, -0.05) is 0 Å². The van der Waals surface area contributed by atoms with Crippen molar-refractivity contribution in [2.45, 2.75) is 39.2 Å². The van der Waals surface area contributed by atoms with Crippen LogP contribution in [-0.4, -0.2) is 53.1 Å². The van der Waals surface area contributed by atoms with E-state index in [1.807, 2.05) is 49.8 Å². The SMILES string of the molecule is CCN(C)C(=S)NCC1=C(N2CCCC2=O)c2cc(C#N)ccc2OC1(C)C. The predicted octanol–water partition coefficient (Wildman–Crippen LogP) is 2.89. The Morgan fingerprint density at radius 1 is 1.46 bits per heavy atom. The Labute approximate surface area is 171 Å². The monoisotopic (exact) mass is 398 g/mol. The fourth-order valence-electron chi connectivity index (χ4n) is 3.59. The van der Waals surface area contributed by atoms with Gasteiger partial charge in [0.1, 0.15) is 11.4 Å². The van der Waals surface area contributed by atoms with Gasteiger partial charge in [-0.3, -0.25) is 4.79 Å². The van der Waals surface area contributed by atoms with Crippen LogP contribution < -0.4 is 10.1 Å². The molecule has 0 aliphatic carbocycles. The van der Waals surface area contributed by atoms with Crippen molar-refractivity contribution in [2.75, 3.05) is 26.7 Å². The molecule has 0 aromatic heterocycles. The molecule has 7 heteroatoms. The summed E-state index contributed by atoms with van der Waals surface area (Å²) >= 11 is 5.46. The Morgan fingerprint density at radius 2 is 2.21 bits per heavy atom. The fourth-order valence-corrected chi connectivity index (χ4v) is 3.79. The van der Waals surface area contributed by atoms with Gasteiger partial charge in [0.15, 0.2) is 5.11 Å². The second-order valence-electron chi connectivity index (χ2n) is 7.58. The van der Waals surface area contributed by atoms with Crippen LogP contribution in [0.4, 0.5) is 0 Å². The molecule has 1 fully saturated rings. The van der Waals surface area contributed by atoms with Gasteiger partial charge in [-0.05, 0) is 57.6 Å². The Hall–Kier alpha value is -2.59. The second kappa shape index (κ2) is 7.80. The fraction of sp³-hybridized carbons (Fsp3) is 0.476. The van der Waals surface area contributed by atoms with E-state index in [0.717, 1.165) is 29.8 Å². The number of nitriles is 1. The lowest BCUT2D eigenvalue weighted by molar-refractivity contribution is -0.125. The first kappa shape index (κ1) is 20.2. The number of fused-ring (bicyclic) bond motifs is 1. The molecule has 3 rings (SSSR count). The van der Waals surface area contributed by atoms with E-state index in [2.05, 4.69) is 11.4 Å². The number of hydrogen-bond acceptors (Lipinski definition) is 4. The minimum atomic E-state index is -0.618. The summed E-state index contributed by atoms with van der Waals surface area (Å²) < 4.78 is 6.27. The molecule has 0 saturated carbocycles. The van der Waals surface area contributed by atoms with Gasteiger partial charge in [-0.15, -0.1) is 0 Å². The molecule has 0 unspecified atom stereocenters. The molecule has 0 bridgehead atoms. The largest absolute Gasteiger partial charge is 0.483 e. The molecule has 148 valence electrons. The Balaban J connectivity index is 2.11. The van der Waals surface area contributed by atoms with Gasteiger partial charge in [0.2, 0.25) is 5.91 Å². The number of nitrogens with one attached hydrogen (secondary N) is 1. The molecule has 2 aliphatic heterocycles. The van der Waals surface area contributed by atoms with Crippen molar-refractivity contribution < 1.29 is 9.53 Å². The molecule has 2 heterocycles. The summed E-state index contributed by atoms with van der Waals surface area (Å²) in [6.45, 7) is 7.97. The van der Waals surface area contributed by atoms with Crippen molar-refractivity contribution in [1.29, 1.82) is 5.26 Å². The van der Waals surface area contributed by atoms with Gasteiger partial charge < -0.3 is 19.9 Å². The van der Waals surface area contributed by atoms with E-state index in [1.54, 1.807) is 6.07 Å². The summed E-state index contributed by atoms with van der Waals surface area (Å²) in [4.78, 5) is 16.4. The maximum atomic E-state index is 12.6. The summed E-state index contributed by atoms with van der Waals surface area (Å²) in [6.07, 6.45) is 1.37. The third kappa shape index (κ3) is 3.69. The summed E-state index contributed by atoms with van der Waals surface area (Å²) in [5.74, 6) is 0.794. The van der Waals surface area contributed by atoms with Crippen LogP contribution in [0.1, 0.15) is 44.7 Å². The smallest absolute Gasteiger partial charge is 0.227 e. The van der Waals surface area contributed by atoms with Gasteiger partial charge >= 0.3 is 0 Å². The normalized spacial score (nSPS) is 17.7. The van der Waals surface area contributed by atoms with E-state index in [9.17, 15) is 10.1 Å². The van der Waals surface area contributed by atoms with Crippen molar-refractivity contribution in [3.63, 3.8) is 0 Å². The molecule has 2 aliphatic rings. The molecule has 1 aromatic carbocycles. The van der Waals surface area contributed by atoms with Crippen LogP contribution in [0.3, 0.4) is 0 Å². The highest BCUT2D eigenvalue weighted by molar-refractivity contribution is 7.80. The number of nitrogens with zero attached hydrogens (tertiary/aromatic N) is 3. The number of likely N-dealkylation sites (tertiary alicyclic amines) is 1. The van der Waals surface area contributed by atoms with Crippen LogP contribution in [0, 0.1) is 11.3 Å². The number of ether oxygens (including phenoxy) is 1. The first-order valence-corrected chi connectivity index (χ1v) is 9.95. The Kier molecular flexibility index (Phi) is 5.61. The molecule has 0 radical (unpaired) electrons. The number of carbonyl (C=O) groups is 1. The number of rotatable bonds is 4. The van der Waals surface area contributed by atoms with E-state index >= 15 is 0 Å². The van der Waals surface area contributed by atoms with Crippen molar-refractivity contribution in [3.05, 3.63) is 34.9 Å². The summed E-state index contributed by atoms with van der Waals surface area (Å²) in [7, 11) is 1.94. The van der Waals surface area contributed by atoms with Gasteiger partial charge in [-0.25, -0.2) is 0 Å². The van der Waals surface area contributed by atoms with E-state index in [1.165, 1.54) is 0 Å². The minimum absolute atomic E-state index is 0.103. The average molecular weight is 399 g/mol. The van der Waals surface area contributed by atoms with Crippen LogP contribution in [0.5, 0.6) is 5.75 Å². The highest BCUT2D eigenvalue weighted by Gasteiger charge is 2.39. The molecular weight excluding hydrogens is 372 g/mol. The highest BCUT2D eigenvalue weighted by Crippen LogP contribution is 2.43. The van der Waals surface area contributed by atoms with E-state index in [0.29, 0.717) is 35.9 Å². The van der Waals surface area contributed by atoms with Crippen LogP contribution in [0.15, 0.2) is 23.8 Å². The van der Waals surface area contributed by atoms with Crippen molar-refractivity contribution in [2.24, 2.45) is 0 Å². The topological polar surface area (TPSA) is 68.6 Å². The summed E-state index contributed by atoms with van der Waals surface area (Å²) in [5.41, 5.74) is 2.52. The van der Waals surface area contributed by atoms with Crippen molar-refractivity contribution >= 4 is 28.9 Å². The molecule has 28 heavy (non-hydrogen) atoms. The summed E-state index contributed by atoms with van der Waals surface area (Å²) in [6, 6.07) is 7.55. The van der Waals surface area contributed by atoms with Crippen LogP contribution in [0.2, 0.25) is 0 Å². The molecular formula is C21H26N4O2S. The van der Waals surface area contributed by atoms with E-state index in [-0.39, 0.29) is 5.91 Å². The number of hydrogen-bond donors (Lipinski definition) is 1. The lowest BCUT2D eigenvalue weighted by Gasteiger charge is -2.40. The van der Waals surface area contributed by atoms with Crippen molar-refractivity contribution in [1.82, 2.24) is 15.1 Å². The van der Waals surface area contributed by atoms with E-state index < -0.39 is 5.60 Å². The maximum Gasteiger partial charge on any atom is 0.227 e. The van der Waals surface area contributed by atoms with Crippen LogP contribution >= 0.6 is 12.2 Å². The zero-order chi connectivity index (χ0) is 20.5. The van der Waals surface area contributed by atoms with Gasteiger partial charge in [0.05, 0.1) is 17.3 Å². The molecule has 0 atom stereocenters. The summed E-state index contributed by atoms with van der Waals surface area (Å²) in [5, 5.41) is 13.3. The molecule has 1 aromatic rings. The van der Waals surface area contributed by atoms with Gasteiger partial charge in [0, 0.05) is 44.2 Å². The van der Waals surface area contributed by atoms with E-state index in [4.69, 9.17) is 17.0 Å². The molecule has 1 amide bonds. The Bertz CT molecular complexity index is 885.